The molecule has 0 bridgehead atoms. The SMILES string of the molecule is COc1cc(OC)c(OC)cc1CN1CCCCCC1c1cc(C)no1. The van der Waals surface area contributed by atoms with Crippen LogP contribution < -0.4 is 14.2 Å². The van der Waals surface area contributed by atoms with Crippen molar-refractivity contribution in [3.8, 4) is 17.2 Å². The fraction of sp³-hybridized carbons (Fsp3) is 0.550. The topological polar surface area (TPSA) is 57.0 Å². The number of ether oxygens (including phenoxy) is 3. The molecule has 0 amide bonds. The number of methoxy groups -OCH3 is 3. The van der Waals surface area contributed by atoms with Crippen molar-refractivity contribution >= 4 is 0 Å². The van der Waals surface area contributed by atoms with Crippen LogP contribution in [0, 0.1) is 6.92 Å². The van der Waals surface area contributed by atoms with Crippen molar-refractivity contribution in [3.63, 3.8) is 0 Å². The van der Waals surface area contributed by atoms with Gasteiger partial charge in [0.1, 0.15) is 5.75 Å². The van der Waals surface area contributed by atoms with Crippen LogP contribution in [0.3, 0.4) is 0 Å². The van der Waals surface area contributed by atoms with Gasteiger partial charge in [-0.3, -0.25) is 4.90 Å². The molecule has 0 radical (unpaired) electrons. The molecule has 1 atom stereocenters. The number of aromatic nitrogens is 1. The Balaban J connectivity index is 1.91. The van der Waals surface area contributed by atoms with E-state index in [2.05, 4.69) is 16.1 Å². The summed E-state index contributed by atoms with van der Waals surface area (Å²) in [6, 6.07) is 6.18. The van der Waals surface area contributed by atoms with Crippen LogP contribution in [0.5, 0.6) is 17.2 Å². The maximum absolute atomic E-state index is 5.61. The summed E-state index contributed by atoms with van der Waals surface area (Å²) in [5, 5.41) is 4.08. The van der Waals surface area contributed by atoms with Crippen molar-refractivity contribution < 1.29 is 18.7 Å². The molecular weight excluding hydrogens is 332 g/mol. The van der Waals surface area contributed by atoms with Gasteiger partial charge in [-0.15, -0.1) is 0 Å². The lowest BCUT2D eigenvalue weighted by Crippen LogP contribution is -2.28. The van der Waals surface area contributed by atoms with E-state index in [1.54, 1.807) is 21.3 Å². The summed E-state index contributed by atoms with van der Waals surface area (Å²) in [5.74, 6) is 3.14. The highest BCUT2D eigenvalue weighted by molar-refractivity contribution is 5.50. The molecule has 1 aromatic carbocycles. The summed E-state index contributed by atoms with van der Waals surface area (Å²) < 4.78 is 22.1. The molecule has 1 unspecified atom stereocenters. The number of hydrogen-bond donors (Lipinski definition) is 0. The first-order valence-corrected chi connectivity index (χ1v) is 9.12. The van der Waals surface area contributed by atoms with Gasteiger partial charge in [0.05, 0.1) is 33.1 Å². The third kappa shape index (κ3) is 3.96. The predicted molar refractivity (Wildman–Crippen MR) is 99.0 cm³/mol. The van der Waals surface area contributed by atoms with Crippen LogP contribution in [0.15, 0.2) is 22.7 Å². The lowest BCUT2D eigenvalue weighted by Gasteiger charge is -2.29. The lowest BCUT2D eigenvalue weighted by molar-refractivity contribution is 0.158. The normalized spacial score (nSPS) is 18.4. The second kappa shape index (κ2) is 8.45. The van der Waals surface area contributed by atoms with E-state index in [1.165, 1.54) is 19.3 Å². The molecule has 142 valence electrons. The van der Waals surface area contributed by atoms with E-state index in [1.807, 2.05) is 19.1 Å². The highest BCUT2D eigenvalue weighted by Crippen LogP contribution is 2.38. The molecule has 0 saturated carbocycles. The van der Waals surface area contributed by atoms with Gasteiger partial charge in [0.15, 0.2) is 17.3 Å². The summed E-state index contributed by atoms with van der Waals surface area (Å²) in [6.45, 7) is 3.74. The molecular formula is C20H28N2O4. The zero-order valence-electron chi connectivity index (χ0n) is 16.1. The summed E-state index contributed by atoms with van der Waals surface area (Å²) in [5.41, 5.74) is 2.00. The van der Waals surface area contributed by atoms with Gasteiger partial charge in [-0.05, 0) is 32.4 Å². The van der Waals surface area contributed by atoms with E-state index < -0.39 is 0 Å². The largest absolute Gasteiger partial charge is 0.496 e. The summed E-state index contributed by atoms with van der Waals surface area (Å²) in [4.78, 5) is 2.46. The summed E-state index contributed by atoms with van der Waals surface area (Å²) >= 11 is 0. The Labute approximate surface area is 155 Å². The van der Waals surface area contributed by atoms with Crippen molar-refractivity contribution in [1.29, 1.82) is 0 Å². The van der Waals surface area contributed by atoms with Crippen LogP contribution in [-0.2, 0) is 6.54 Å². The number of nitrogens with zero attached hydrogens (tertiary/aromatic N) is 2. The van der Waals surface area contributed by atoms with Gasteiger partial charge < -0.3 is 18.7 Å². The van der Waals surface area contributed by atoms with Crippen molar-refractivity contribution in [2.75, 3.05) is 27.9 Å². The Morgan fingerprint density at radius 3 is 2.38 bits per heavy atom. The van der Waals surface area contributed by atoms with Gasteiger partial charge in [0.25, 0.3) is 0 Å². The van der Waals surface area contributed by atoms with Crippen LogP contribution in [0.25, 0.3) is 0 Å². The number of likely N-dealkylation sites (tertiary alicyclic amines) is 1. The molecule has 1 saturated heterocycles. The molecule has 1 aromatic heterocycles. The molecule has 3 rings (SSSR count). The fourth-order valence-corrected chi connectivity index (χ4v) is 3.65. The lowest BCUT2D eigenvalue weighted by atomic mass is 10.1. The van der Waals surface area contributed by atoms with Crippen molar-refractivity contribution in [2.45, 2.75) is 45.2 Å². The number of rotatable bonds is 6. The minimum Gasteiger partial charge on any atom is -0.496 e. The van der Waals surface area contributed by atoms with E-state index in [4.69, 9.17) is 18.7 Å². The van der Waals surface area contributed by atoms with E-state index in [-0.39, 0.29) is 6.04 Å². The predicted octanol–water partition coefficient (Wildman–Crippen LogP) is 4.13. The summed E-state index contributed by atoms with van der Waals surface area (Å²) in [7, 11) is 4.97. The minimum atomic E-state index is 0.233. The molecule has 6 heteroatoms. The molecule has 6 nitrogen and oxygen atoms in total. The van der Waals surface area contributed by atoms with Gasteiger partial charge >= 0.3 is 0 Å². The second-order valence-corrected chi connectivity index (χ2v) is 6.73. The van der Waals surface area contributed by atoms with E-state index >= 15 is 0 Å². The summed E-state index contributed by atoms with van der Waals surface area (Å²) in [6.07, 6.45) is 4.69. The van der Waals surface area contributed by atoms with Crippen LogP contribution in [-0.4, -0.2) is 37.9 Å². The van der Waals surface area contributed by atoms with E-state index in [0.717, 1.165) is 42.3 Å². The smallest absolute Gasteiger partial charge is 0.164 e. The van der Waals surface area contributed by atoms with E-state index in [9.17, 15) is 0 Å². The molecule has 2 aromatic rings. The Bertz CT molecular complexity index is 729. The molecule has 1 aliphatic rings. The highest BCUT2D eigenvalue weighted by Gasteiger charge is 2.27. The number of benzene rings is 1. The average molecular weight is 360 g/mol. The van der Waals surface area contributed by atoms with Crippen molar-refractivity contribution in [3.05, 3.63) is 35.2 Å². The molecule has 0 N–H and O–H groups in total. The van der Waals surface area contributed by atoms with Crippen molar-refractivity contribution in [2.24, 2.45) is 0 Å². The second-order valence-electron chi connectivity index (χ2n) is 6.73. The van der Waals surface area contributed by atoms with Crippen LogP contribution >= 0.6 is 0 Å². The first kappa shape index (κ1) is 18.6. The van der Waals surface area contributed by atoms with Gasteiger partial charge in [0, 0.05) is 24.2 Å². The quantitative estimate of drug-likeness (QED) is 0.772. The Kier molecular flexibility index (Phi) is 6.04. The first-order valence-electron chi connectivity index (χ1n) is 9.12. The number of aryl methyl sites for hydroxylation is 1. The third-order valence-electron chi connectivity index (χ3n) is 5.00. The van der Waals surface area contributed by atoms with Gasteiger partial charge in [-0.25, -0.2) is 0 Å². The zero-order valence-corrected chi connectivity index (χ0v) is 16.1. The fourth-order valence-electron chi connectivity index (χ4n) is 3.65. The third-order valence-corrected chi connectivity index (χ3v) is 5.00. The Morgan fingerprint density at radius 1 is 1.00 bits per heavy atom. The van der Waals surface area contributed by atoms with Gasteiger partial charge in [-0.1, -0.05) is 18.0 Å². The Morgan fingerprint density at radius 2 is 1.73 bits per heavy atom. The highest BCUT2D eigenvalue weighted by atomic mass is 16.5. The molecule has 2 heterocycles. The molecule has 1 aliphatic heterocycles. The van der Waals surface area contributed by atoms with E-state index in [0.29, 0.717) is 11.5 Å². The average Bonchev–Trinajstić information content (AvgIpc) is 2.95. The molecule has 0 aliphatic carbocycles. The molecule has 1 fully saturated rings. The van der Waals surface area contributed by atoms with Crippen LogP contribution in [0.1, 0.15) is 48.7 Å². The minimum absolute atomic E-state index is 0.233. The molecule has 26 heavy (non-hydrogen) atoms. The first-order chi connectivity index (χ1) is 12.7. The van der Waals surface area contributed by atoms with Gasteiger partial charge in [-0.2, -0.15) is 0 Å². The zero-order chi connectivity index (χ0) is 18.5. The van der Waals surface area contributed by atoms with Gasteiger partial charge in [0.2, 0.25) is 0 Å². The van der Waals surface area contributed by atoms with Crippen molar-refractivity contribution in [1.82, 2.24) is 10.1 Å². The molecule has 0 spiro atoms. The van der Waals surface area contributed by atoms with Crippen LogP contribution in [0.4, 0.5) is 0 Å². The number of hydrogen-bond acceptors (Lipinski definition) is 6. The Hall–Kier alpha value is -2.21. The maximum atomic E-state index is 5.61. The monoisotopic (exact) mass is 360 g/mol. The van der Waals surface area contributed by atoms with Crippen LogP contribution in [0.2, 0.25) is 0 Å². The standard InChI is InChI=1S/C20H28N2O4/c1-14-10-18(26-21-14)16-8-6-5-7-9-22(16)13-15-11-19(24-3)20(25-4)12-17(15)23-2/h10-12,16H,5-9,13H2,1-4H3. The maximum Gasteiger partial charge on any atom is 0.164 e.